The van der Waals surface area contributed by atoms with E-state index >= 15 is 0 Å². The van der Waals surface area contributed by atoms with Crippen LogP contribution in [0.25, 0.3) is 0 Å². The van der Waals surface area contributed by atoms with Crippen LogP contribution >= 0.6 is 0 Å². The number of hydrogen-bond donors (Lipinski definition) is 2. The molecule has 0 aliphatic rings. The van der Waals surface area contributed by atoms with Crippen LogP contribution in [-0.2, 0) is 4.74 Å². The number of carbonyl (C=O) groups excluding carboxylic acids is 1. The summed E-state index contributed by atoms with van der Waals surface area (Å²) in [6, 6.07) is 5.18. The zero-order valence-electron chi connectivity index (χ0n) is 10.4. The quantitative estimate of drug-likeness (QED) is 0.834. The molecule has 18 heavy (non-hydrogen) atoms. The fourth-order valence-corrected chi connectivity index (χ4v) is 1.43. The van der Waals surface area contributed by atoms with Crippen molar-refractivity contribution in [3.8, 4) is 0 Å². The Morgan fingerprint density at radius 2 is 2.33 bits per heavy atom. The van der Waals surface area contributed by atoms with Gasteiger partial charge in [-0.25, -0.2) is 9.18 Å². The summed E-state index contributed by atoms with van der Waals surface area (Å²) >= 11 is 0. The minimum atomic E-state index is -0.752. The first-order valence-corrected chi connectivity index (χ1v) is 5.47. The minimum absolute atomic E-state index is 0.134. The number of amides is 2. The van der Waals surface area contributed by atoms with E-state index in [2.05, 4.69) is 5.32 Å². The van der Waals surface area contributed by atoms with Gasteiger partial charge in [-0.3, -0.25) is 0 Å². The summed E-state index contributed by atoms with van der Waals surface area (Å²) in [5, 5.41) is 12.0. The summed E-state index contributed by atoms with van der Waals surface area (Å²) in [6.45, 7) is 0.284. The van der Waals surface area contributed by atoms with Gasteiger partial charge < -0.3 is 20.1 Å². The van der Waals surface area contributed by atoms with E-state index in [1.165, 1.54) is 37.3 Å². The number of methoxy groups -OCH3 is 1. The average Bonchev–Trinajstić information content (AvgIpc) is 2.29. The Kier molecular flexibility index (Phi) is 5.54. The van der Waals surface area contributed by atoms with Gasteiger partial charge >= 0.3 is 6.03 Å². The van der Waals surface area contributed by atoms with Gasteiger partial charge in [-0.2, -0.15) is 0 Å². The number of anilines is 1. The Morgan fingerprint density at radius 1 is 1.61 bits per heavy atom. The number of aliphatic hydroxyl groups excluding tert-OH is 1. The van der Waals surface area contributed by atoms with E-state index in [4.69, 9.17) is 4.74 Å². The van der Waals surface area contributed by atoms with Gasteiger partial charge in [0, 0.05) is 19.8 Å². The van der Waals surface area contributed by atoms with E-state index in [0.29, 0.717) is 5.69 Å². The Morgan fingerprint density at radius 3 is 2.94 bits per heavy atom. The normalized spacial score (nSPS) is 12.0. The molecule has 5 nitrogen and oxygen atoms in total. The third-order valence-electron chi connectivity index (χ3n) is 2.27. The number of nitrogens with zero attached hydrogens (tertiary/aromatic N) is 1. The number of hydrogen-bond acceptors (Lipinski definition) is 3. The molecule has 0 aliphatic heterocycles. The van der Waals surface area contributed by atoms with Crippen LogP contribution < -0.4 is 5.32 Å². The van der Waals surface area contributed by atoms with Crippen LogP contribution in [0.4, 0.5) is 14.9 Å². The molecule has 0 aliphatic carbocycles. The monoisotopic (exact) mass is 256 g/mol. The molecule has 0 saturated heterocycles. The summed E-state index contributed by atoms with van der Waals surface area (Å²) in [7, 11) is 3.00. The van der Waals surface area contributed by atoms with Gasteiger partial charge in [-0.15, -0.1) is 0 Å². The molecule has 6 heteroatoms. The SMILES string of the molecule is COCC(O)CN(C)C(=O)Nc1cccc(F)c1. The topological polar surface area (TPSA) is 61.8 Å². The zero-order chi connectivity index (χ0) is 13.5. The second-order valence-electron chi connectivity index (χ2n) is 3.93. The van der Waals surface area contributed by atoms with Gasteiger partial charge in [0.25, 0.3) is 0 Å². The first kappa shape index (κ1) is 14.4. The first-order valence-electron chi connectivity index (χ1n) is 5.47. The minimum Gasteiger partial charge on any atom is -0.389 e. The molecule has 1 rings (SSSR count). The number of nitrogens with one attached hydrogen (secondary N) is 1. The molecule has 100 valence electrons. The van der Waals surface area contributed by atoms with E-state index in [-0.39, 0.29) is 13.2 Å². The van der Waals surface area contributed by atoms with Crippen molar-refractivity contribution in [3.05, 3.63) is 30.1 Å². The number of likely N-dealkylation sites (N-methyl/N-ethyl adjacent to an activating group) is 1. The standard InChI is InChI=1S/C12H17FN2O3/c1-15(7-11(16)8-18-2)12(17)14-10-5-3-4-9(13)6-10/h3-6,11,16H,7-8H2,1-2H3,(H,14,17). The number of urea groups is 1. The highest BCUT2D eigenvalue weighted by molar-refractivity contribution is 5.89. The Hall–Kier alpha value is -1.66. The fourth-order valence-electron chi connectivity index (χ4n) is 1.43. The maximum absolute atomic E-state index is 12.9. The lowest BCUT2D eigenvalue weighted by molar-refractivity contribution is 0.0501. The van der Waals surface area contributed by atoms with E-state index in [9.17, 15) is 14.3 Å². The molecule has 2 N–H and O–H groups in total. The summed E-state index contributed by atoms with van der Waals surface area (Å²) < 4.78 is 17.7. The Balaban J connectivity index is 2.49. The first-order chi connectivity index (χ1) is 8.52. The van der Waals surface area contributed by atoms with Crippen LogP contribution in [-0.4, -0.2) is 49.5 Å². The van der Waals surface area contributed by atoms with Gasteiger partial charge in [-0.1, -0.05) is 6.07 Å². The zero-order valence-corrected chi connectivity index (χ0v) is 10.4. The summed E-state index contributed by atoms with van der Waals surface area (Å²) in [6.07, 6.45) is -0.752. The molecule has 0 fully saturated rings. The van der Waals surface area contributed by atoms with Crippen LogP contribution in [0.1, 0.15) is 0 Å². The molecule has 1 unspecified atom stereocenters. The second-order valence-corrected chi connectivity index (χ2v) is 3.93. The number of benzene rings is 1. The predicted octanol–water partition coefficient (Wildman–Crippen LogP) is 1.30. The smallest absolute Gasteiger partial charge is 0.321 e. The number of aliphatic hydroxyl groups is 1. The van der Waals surface area contributed by atoms with Crippen LogP contribution in [0.2, 0.25) is 0 Å². The number of carbonyl (C=O) groups is 1. The van der Waals surface area contributed by atoms with Crippen molar-refractivity contribution in [1.82, 2.24) is 4.90 Å². The van der Waals surface area contributed by atoms with Gasteiger partial charge in [0.2, 0.25) is 0 Å². The number of ether oxygens (including phenoxy) is 1. The molecule has 0 heterocycles. The second kappa shape index (κ2) is 6.93. The van der Waals surface area contributed by atoms with Crippen molar-refractivity contribution in [2.24, 2.45) is 0 Å². The van der Waals surface area contributed by atoms with E-state index in [1.54, 1.807) is 6.07 Å². The summed E-state index contributed by atoms with van der Waals surface area (Å²) in [4.78, 5) is 13.0. The number of rotatable bonds is 5. The molecule has 0 radical (unpaired) electrons. The van der Waals surface area contributed by atoms with Crippen LogP contribution in [0.15, 0.2) is 24.3 Å². The fraction of sp³-hybridized carbons (Fsp3) is 0.417. The van der Waals surface area contributed by atoms with Gasteiger partial charge in [0.05, 0.1) is 19.3 Å². The molecular formula is C12H17FN2O3. The Bertz CT molecular complexity index is 401. The molecule has 1 aromatic rings. The van der Waals surface area contributed by atoms with Crippen LogP contribution in [0, 0.1) is 5.82 Å². The van der Waals surface area contributed by atoms with Crippen molar-refractivity contribution in [2.75, 3.05) is 32.6 Å². The van der Waals surface area contributed by atoms with Crippen molar-refractivity contribution in [1.29, 1.82) is 0 Å². The Labute approximate surface area is 105 Å². The van der Waals surface area contributed by atoms with Gasteiger partial charge in [0.1, 0.15) is 5.82 Å². The van der Waals surface area contributed by atoms with Crippen LogP contribution in [0.5, 0.6) is 0 Å². The van der Waals surface area contributed by atoms with E-state index in [1.807, 2.05) is 0 Å². The third kappa shape index (κ3) is 4.68. The maximum atomic E-state index is 12.9. The highest BCUT2D eigenvalue weighted by Gasteiger charge is 2.13. The van der Waals surface area contributed by atoms with E-state index < -0.39 is 18.0 Å². The molecule has 0 saturated carbocycles. The van der Waals surface area contributed by atoms with Crippen molar-refractivity contribution in [2.45, 2.75) is 6.10 Å². The molecule has 0 aromatic heterocycles. The molecule has 0 bridgehead atoms. The van der Waals surface area contributed by atoms with Crippen molar-refractivity contribution in [3.63, 3.8) is 0 Å². The lowest BCUT2D eigenvalue weighted by Gasteiger charge is -2.20. The van der Waals surface area contributed by atoms with Crippen molar-refractivity contribution < 1.29 is 19.0 Å². The third-order valence-corrected chi connectivity index (χ3v) is 2.27. The molecule has 0 spiro atoms. The lowest BCUT2D eigenvalue weighted by Crippen LogP contribution is -2.38. The highest BCUT2D eigenvalue weighted by atomic mass is 19.1. The largest absolute Gasteiger partial charge is 0.389 e. The molecule has 1 aromatic carbocycles. The van der Waals surface area contributed by atoms with Crippen LogP contribution in [0.3, 0.4) is 0 Å². The molecule has 2 amide bonds. The maximum Gasteiger partial charge on any atom is 0.321 e. The average molecular weight is 256 g/mol. The predicted molar refractivity (Wildman–Crippen MR) is 65.9 cm³/mol. The van der Waals surface area contributed by atoms with Gasteiger partial charge in [-0.05, 0) is 18.2 Å². The lowest BCUT2D eigenvalue weighted by atomic mass is 10.3. The summed E-state index contributed by atoms with van der Waals surface area (Å²) in [5.41, 5.74) is 0.369. The molecular weight excluding hydrogens is 239 g/mol. The molecule has 1 atom stereocenters. The highest BCUT2D eigenvalue weighted by Crippen LogP contribution is 2.09. The van der Waals surface area contributed by atoms with E-state index in [0.717, 1.165) is 0 Å². The van der Waals surface area contributed by atoms with Crippen molar-refractivity contribution >= 4 is 11.7 Å². The number of halogens is 1. The summed E-state index contributed by atoms with van der Waals surface area (Å²) in [5.74, 6) is -0.421. The van der Waals surface area contributed by atoms with Gasteiger partial charge in [0.15, 0.2) is 0 Å².